The Labute approximate surface area is 94.5 Å². The van der Waals surface area contributed by atoms with E-state index in [2.05, 4.69) is 6.58 Å². The van der Waals surface area contributed by atoms with Crippen LogP contribution >= 0.6 is 23.2 Å². The van der Waals surface area contributed by atoms with Crippen LogP contribution in [0.5, 0.6) is 0 Å². The Balaban J connectivity index is 2.78. The van der Waals surface area contributed by atoms with E-state index in [0.29, 0.717) is 10.0 Å². The lowest BCUT2D eigenvalue weighted by Crippen LogP contribution is -2.10. The van der Waals surface area contributed by atoms with Gasteiger partial charge in [-0.25, -0.2) is 0 Å². The van der Waals surface area contributed by atoms with Crippen molar-refractivity contribution < 1.29 is 0 Å². The standard InChI is InChI=1S/C11H13Cl2N/c1-2-3-4-11(14)9-6-5-8(12)7-10(9)13/h2,5-7,11H,1,3-4,14H2. The van der Waals surface area contributed by atoms with Crippen molar-refractivity contribution >= 4 is 23.2 Å². The van der Waals surface area contributed by atoms with E-state index in [1.54, 1.807) is 12.1 Å². The normalized spacial score (nSPS) is 12.5. The van der Waals surface area contributed by atoms with Crippen molar-refractivity contribution in [2.75, 3.05) is 0 Å². The van der Waals surface area contributed by atoms with Gasteiger partial charge in [-0.3, -0.25) is 0 Å². The zero-order chi connectivity index (χ0) is 10.6. The lowest BCUT2D eigenvalue weighted by Gasteiger charge is -2.12. The van der Waals surface area contributed by atoms with Gasteiger partial charge in [-0.15, -0.1) is 6.58 Å². The molecule has 0 radical (unpaired) electrons. The molecule has 1 rings (SSSR count). The van der Waals surface area contributed by atoms with E-state index in [-0.39, 0.29) is 6.04 Å². The van der Waals surface area contributed by atoms with Gasteiger partial charge in [0.15, 0.2) is 0 Å². The minimum atomic E-state index is -0.0437. The second kappa shape index (κ2) is 5.40. The molecule has 0 aliphatic rings. The van der Waals surface area contributed by atoms with Crippen molar-refractivity contribution in [3.63, 3.8) is 0 Å². The van der Waals surface area contributed by atoms with Crippen molar-refractivity contribution in [2.45, 2.75) is 18.9 Å². The van der Waals surface area contributed by atoms with Crippen LogP contribution in [0.25, 0.3) is 0 Å². The van der Waals surface area contributed by atoms with Gasteiger partial charge < -0.3 is 5.73 Å². The minimum Gasteiger partial charge on any atom is -0.324 e. The molecule has 14 heavy (non-hydrogen) atoms. The number of halogens is 2. The molecule has 0 saturated carbocycles. The van der Waals surface area contributed by atoms with Crippen LogP contribution in [0.15, 0.2) is 30.9 Å². The summed E-state index contributed by atoms with van der Waals surface area (Å²) in [6.45, 7) is 3.65. The summed E-state index contributed by atoms with van der Waals surface area (Å²) in [6.07, 6.45) is 3.59. The summed E-state index contributed by atoms with van der Waals surface area (Å²) in [5, 5.41) is 1.27. The molecule has 1 aromatic carbocycles. The number of benzene rings is 1. The van der Waals surface area contributed by atoms with E-state index < -0.39 is 0 Å². The molecular formula is C11H13Cl2N. The minimum absolute atomic E-state index is 0.0437. The molecule has 0 aliphatic heterocycles. The monoisotopic (exact) mass is 229 g/mol. The van der Waals surface area contributed by atoms with Crippen LogP contribution in [0.2, 0.25) is 10.0 Å². The highest BCUT2D eigenvalue weighted by molar-refractivity contribution is 6.35. The number of allylic oxidation sites excluding steroid dienone is 1. The first-order chi connectivity index (χ1) is 6.65. The Morgan fingerprint density at radius 2 is 2.14 bits per heavy atom. The van der Waals surface area contributed by atoms with Crippen LogP contribution in [0.3, 0.4) is 0 Å². The Hall–Kier alpha value is -0.500. The number of rotatable bonds is 4. The smallest absolute Gasteiger partial charge is 0.0468 e. The summed E-state index contributed by atoms with van der Waals surface area (Å²) in [5.41, 5.74) is 6.90. The Bertz CT molecular complexity index is 323. The summed E-state index contributed by atoms with van der Waals surface area (Å²) in [5.74, 6) is 0. The topological polar surface area (TPSA) is 26.0 Å². The molecule has 0 aliphatic carbocycles. The van der Waals surface area contributed by atoms with Gasteiger partial charge in [0.25, 0.3) is 0 Å². The van der Waals surface area contributed by atoms with Crippen molar-refractivity contribution in [3.05, 3.63) is 46.5 Å². The lowest BCUT2D eigenvalue weighted by atomic mass is 10.0. The molecule has 0 bridgehead atoms. The Kier molecular flexibility index (Phi) is 4.46. The number of hydrogen-bond donors (Lipinski definition) is 1. The van der Waals surface area contributed by atoms with Crippen LogP contribution < -0.4 is 5.73 Å². The van der Waals surface area contributed by atoms with Crippen molar-refractivity contribution in [1.82, 2.24) is 0 Å². The molecule has 76 valence electrons. The molecular weight excluding hydrogens is 217 g/mol. The van der Waals surface area contributed by atoms with Gasteiger partial charge in [-0.05, 0) is 30.5 Å². The van der Waals surface area contributed by atoms with Crippen LogP contribution in [0.1, 0.15) is 24.4 Å². The quantitative estimate of drug-likeness (QED) is 0.778. The summed E-state index contributed by atoms with van der Waals surface area (Å²) in [6, 6.07) is 5.35. The van der Waals surface area contributed by atoms with E-state index in [1.807, 2.05) is 12.1 Å². The highest BCUT2D eigenvalue weighted by Gasteiger charge is 2.09. The average molecular weight is 230 g/mol. The fourth-order valence-corrected chi connectivity index (χ4v) is 1.80. The van der Waals surface area contributed by atoms with E-state index in [0.717, 1.165) is 18.4 Å². The van der Waals surface area contributed by atoms with Crippen LogP contribution in [-0.2, 0) is 0 Å². The maximum atomic E-state index is 6.01. The third-order valence-corrected chi connectivity index (χ3v) is 2.61. The highest BCUT2D eigenvalue weighted by atomic mass is 35.5. The van der Waals surface area contributed by atoms with Gasteiger partial charge in [0.1, 0.15) is 0 Å². The van der Waals surface area contributed by atoms with Gasteiger partial charge >= 0.3 is 0 Å². The zero-order valence-electron chi connectivity index (χ0n) is 7.84. The molecule has 0 fully saturated rings. The fraction of sp³-hybridized carbons (Fsp3) is 0.273. The Morgan fingerprint density at radius 3 is 2.71 bits per heavy atom. The molecule has 0 aromatic heterocycles. The molecule has 1 atom stereocenters. The molecule has 0 saturated heterocycles. The Morgan fingerprint density at radius 1 is 1.43 bits per heavy atom. The summed E-state index contributed by atoms with van der Waals surface area (Å²) >= 11 is 11.8. The third kappa shape index (κ3) is 3.02. The second-order valence-electron chi connectivity index (χ2n) is 3.14. The van der Waals surface area contributed by atoms with Crippen molar-refractivity contribution in [2.24, 2.45) is 5.73 Å². The van der Waals surface area contributed by atoms with E-state index >= 15 is 0 Å². The molecule has 0 amide bonds. The fourth-order valence-electron chi connectivity index (χ4n) is 1.26. The number of hydrogen-bond acceptors (Lipinski definition) is 1. The van der Waals surface area contributed by atoms with Gasteiger partial charge in [0, 0.05) is 16.1 Å². The summed E-state index contributed by atoms with van der Waals surface area (Å²) in [4.78, 5) is 0. The molecule has 0 heterocycles. The molecule has 1 nitrogen and oxygen atoms in total. The summed E-state index contributed by atoms with van der Waals surface area (Å²) in [7, 11) is 0. The second-order valence-corrected chi connectivity index (χ2v) is 3.98. The molecule has 1 aromatic rings. The van der Waals surface area contributed by atoms with E-state index in [9.17, 15) is 0 Å². The molecule has 0 spiro atoms. The predicted octanol–water partition coefficient (Wildman–Crippen LogP) is 3.96. The first kappa shape index (κ1) is 11.6. The molecule has 2 N–H and O–H groups in total. The zero-order valence-corrected chi connectivity index (χ0v) is 9.35. The summed E-state index contributed by atoms with van der Waals surface area (Å²) < 4.78 is 0. The molecule has 3 heteroatoms. The van der Waals surface area contributed by atoms with E-state index in [4.69, 9.17) is 28.9 Å². The van der Waals surface area contributed by atoms with Crippen LogP contribution in [0, 0.1) is 0 Å². The van der Waals surface area contributed by atoms with Crippen molar-refractivity contribution in [1.29, 1.82) is 0 Å². The SMILES string of the molecule is C=CCCC(N)c1ccc(Cl)cc1Cl. The maximum Gasteiger partial charge on any atom is 0.0468 e. The number of nitrogens with two attached hydrogens (primary N) is 1. The first-order valence-electron chi connectivity index (χ1n) is 4.46. The van der Waals surface area contributed by atoms with Gasteiger partial charge in [-0.2, -0.15) is 0 Å². The average Bonchev–Trinajstić information content (AvgIpc) is 2.14. The third-order valence-electron chi connectivity index (χ3n) is 2.04. The van der Waals surface area contributed by atoms with Gasteiger partial charge in [-0.1, -0.05) is 35.3 Å². The lowest BCUT2D eigenvalue weighted by molar-refractivity contribution is 0.662. The van der Waals surface area contributed by atoms with E-state index in [1.165, 1.54) is 0 Å². The van der Waals surface area contributed by atoms with Crippen LogP contribution in [-0.4, -0.2) is 0 Å². The first-order valence-corrected chi connectivity index (χ1v) is 5.22. The molecule has 1 unspecified atom stereocenters. The van der Waals surface area contributed by atoms with Gasteiger partial charge in [0.2, 0.25) is 0 Å². The van der Waals surface area contributed by atoms with Gasteiger partial charge in [0.05, 0.1) is 0 Å². The largest absolute Gasteiger partial charge is 0.324 e. The van der Waals surface area contributed by atoms with Crippen LogP contribution in [0.4, 0.5) is 0 Å². The predicted molar refractivity (Wildman–Crippen MR) is 62.8 cm³/mol. The maximum absolute atomic E-state index is 6.01. The highest BCUT2D eigenvalue weighted by Crippen LogP contribution is 2.27. The van der Waals surface area contributed by atoms with Crippen molar-refractivity contribution in [3.8, 4) is 0 Å².